The number of hydrogen-bond acceptors (Lipinski definition) is 4. The minimum Gasteiger partial charge on any atom is -0.465 e. The summed E-state index contributed by atoms with van der Waals surface area (Å²) in [6.07, 6.45) is 1.64. The van der Waals surface area contributed by atoms with Crippen molar-refractivity contribution in [3.8, 4) is 11.6 Å². The van der Waals surface area contributed by atoms with Crippen LogP contribution in [0.25, 0.3) is 0 Å². The van der Waals surface area contributed by atoms with E-state index in [1.165, 1.54) is 7.11 Å². The first-order valence-electron chi connectivity index (χ1n) is 5.27. The molecule has 0 aliphatic heterocycles. The van der Waals surface area contributed by atoms with Crippen molar-refractivity contribution in [3.05, 3.63) is 51.0 Å². The maximum absolute atomic E-state index is 11.3. The first-order chi connectivity index (χ1) is 9.10. The van der Waals surface area contributed by atoms with Gasteiger partial charge in [0.1, 0.15) is 5.75 Å². The number of halogens is 2. The second-order valence-electron chi connectivity index (χ2n) is 3.56. The van der Waals surface area contributed by atoms with Crippen molar-refractivity contribution < 1.29 is 14.3 Å². The highest BCUT2D eigenvalue weighted by Crippen LogP contribution is 2.29. The SMILES string of the molecule is COC(=O)c1ccc(Oc2ncc(Br)cc2Br)cc1. The van der Waals surface area contributed by atoms with Gasteiger partial charge in [-0.15, -0.1) is 0 Å². The molecule has 0 amide bonds. The molecule has 0 N–H and O–H groups in total. The highest BCUT2D eigenvalue weighted by atomic mass is 79.9. The number of esters is 1. The van der Waals surface area contributed by atoms with Crippen LogP contribution in [0.3, 0.4) is 0 Å². The van der Waals surface area contributed by atoms with Crippen LogP contribution < -0.4 is 4.74 Å². The first kappa shape index (κ1) is 14.0. The molecule has 6 heteroatoms. The molecule has 0 spiro atoms. The van der Waals surface area contributed by atoms with Gasteiger partial charge in [0.25, 0.3) is 0 Å². The van der Waals surface area contributed by atoms with Crippen LogP contribution in [-0.4, -0.2) is 18.1 Å². The number of pyridine rings is 1. The maximum atomic E-state index is 11.3. The fourth-order valence-corrected chi connectivity index (χ4v) is 2.43. The number of carbonyl (C=O) groups is 1. The summed E-state index contributed by atoms with van der Waals surface area (Å²) in [7, 11) is 1.34. The summed E-state index contributed by atoms with van der Waals surface area (Å²) < 4.78 is 11.8. The van der Waals surface area contributed by atoms with Gasteiger partial charge in [0.2, 0.25) is 5.88 Å². The Morgan fingerprint density at radius 1 is 1.21 bits per heavy atom. The predicted octanol–water partition coefficient (Wildman–Crippen LogP) is 4.19. The van der Waals surface area contributed by atoms with Crippen molar-refractivity contribution in [1.29, 1.82) is 0 Å². The van der Waals surface area contributed by atoms with E-state index in [4.69, 9.17) is 4.74 Å². The monoisotopic (exact) mass is 385 g/mol. The fraction of sp³-hybridized carbons (Fsp3) is 0.0769. The van der Waals surface area contributed by atoms with E-state index in [2.05, 4.69) is 41.6 Å². The molecule has 0 aliphatic rings. The van der Waals surface area contributed by atoms with E-state index in [1.807, 2.05) is 6.07 Å². The molecule has 0 fully saturated rings. The summed E-state index contributed by atoms with van der Waals surface area (Å²) in [5.74, 6) is 0.659. The van der Waals surface area contributed by atoms with E-state index in [-0.39, 0.29) is 5.97 Å². The molecule has 1 aromatic heterocycles. The Labute approximate surface area is 127 Å². The number of ether oxygens (including phenoxy) is 2. The van der Waals surface area contributed by atoms with Gasteiger partial charge in [-0.1, -0.05) is 0 Å². The number of hydrogen-bond donors (Lipinski definition) is 0. The average Bonchev–Trinajstić information content (AvgIpc) is 2.42. The lowest BCUT2D eigenvalue weighted by molar-refractivity contribution is 0.0600. The lowest BCUT2D eigenvalue weighted by Gasteiger charge is -2.07. The Morgan fingerprint density at radius 2 is 1.89 bits per heavy atom. The topological polar surface area (TPSA) is 48.4 Å². The van der Waals surface area contributed by atoms with Crippen molar-refractivity contribution >= 4 is 37.8 Å². The molecule has 98 valence electrons. The van der Waals surface area contributed by atoms with E-state index in [0.29, 0.717) is 17.2 Å². The second kappa shape index (κ2) is 6.16. The minimum absolute atomic E-state index is 0.380. The van der Waals surface area contributed by atoms with Crippen LogP contribution in [0.15, 0.2) is 45.5 Å². The number of aromatic nitrogens is 1. The van der Waals surface area contributed by atoms with Crippen molar-refractivity contribution in [2.75, 3.05) is 7.11 Å². The third-order valence-corrected chi connectivity index (χ3v) is 3.27. The molecule has 1 heterocycles. The number of rotatable bonds is 3. The van der Waals surface area contributed by atoms with Gasteiger partial charge in [0.05, 0.1) is 17.1 Å². The normalized spacial score (nSPS) is 10.1. The summed E-state index contributed by atoms with van der Waals surface area (Å²) in [5.41, 5.74) is 0.470. The van der Waals surface area contributed by atoms with Crippen molar-refractivity contribution in [2.24, 2.45) is 0 Å². The third kappa shape index (κ3) is 3.54. The molecule has 2 aromatic rings. The van der Waals surface area contributed by atoms with Crippen LogP contribution in [0.4, 0.5) is 0 Å². The van der Waals surface area contributed by atoms with Crippen LogP contribution in [0, 0.1) is 0 Å². The van der Waals surface area contributed by atoms with Gasteiger partial charge in [0, 0.05) is 10.7 Å². The van der Waals surface area contributed by atoms with Crippen LogP contribution in [0.1, 0.15) is 10.4 Å². The predicted molar refractivity (Wildman–Crippen MR) is 77.5 cm³/mol. The molecule has 0 aliphatic carbocycles. The number of carbonyl (C=O) groups excluding carboxylic acids is 1. The lowest BCUT2D eigenvalue weighted by atomic mass is 10.2. The summed E-state index contributed by atoms with van der Waals surface area (Å²) in [5, 5.41) is 0. The third-order valence-electron chi connectivity index (χ3n) is 2.26. The first-order valence-corrected chi connectivity index (χ1v) is 6.86. The fourth-order valence-electron chi connectivity index (χ4n) is 1.37. The van der Waals surface area contributed by atoms with Crippen molar-refractivity contribution in [1.82, 2.24) is 4.98 Å². The molecular weight excluding hydrogens is 378 g/mol. The highest BCUT2D eigenvalue weighted by molar-refractivity contribution is 9.11. The van der Waals surface area contributed by atoms with Crippen LogP contribution in [0.2, 0.25) is 0 Å². The molecule has 0 atom stereocenters. The second-order valence-corrected chi connectivity index (χ2v) is 5.33. The molecule has 0 bridgehead atoms. The Balaban J connectivity index is 2.17. The molecule has 19 heavy (non-hydrogen) atoms. The molecule has 0 saturated carbocycles. The average molecular weight is 387 g/mol. The summed E-state index contributed by atoms with van der Waals surface area (Å²) in [4.78, 5) is 15.4. The van der Waals surface area contributed by atoms with Crippen LogP contribution >= 0.6 is 31.9 Å². The number of methoxy groups -OCH3 is 1. The Hall–Kier alpha value is -1.40. The van der Waals surface area contributed by atoms with Crippen molar-refractivity contribution in [3.63, 3.8) is 0 Å². The largest absolute Gasteiger partial charge is 0.465 e. The Morgan fingerprint density at radius 3 is 2.47 bits per heavy atom. The molecular formula is C13H9Br2NO3. The molecule has 0 saturated heterocycles. The zero-order valence-corrected chi connectivity index (χ0v) is 13.1. The standard InChI is InChI=1S/C13H9Br2NO3/c1-18-13(17)8-2-4-10(5-3-8)19-12-11(15)6-9(14)7-16-12/h2-7H,1H3. The zero-order valence-electron chi connectivity index (χ0n) is 9.89. The highest BCUT2D eigenvalue weighted by Gasteiger charge is 2.07. The van der Waals surface area contributed by atoms with E-state index in [9.17, 15) is 4.79 Å². The summed E-state index contributed by atoms with van der Waals surface area (Å²) in [6, 6.07) is 8.47. The van der Waals surface area contributed by atoms with Gasteiger partial charge in [-0.05, 0) is 62.2 Å². The zero-order chi connectivity index (χ0) is 13.8. The van der Waals surface area contributed by atoms with Gasteiger partial charge in [-0.3, -0.25) is 0 Å². The molecule has 0 unspecified atom stereocenters. The van der Waals surface area contributed by atoms with Crippen LogP contribution in [0.5, 0.6) is 11.6 Å². The molecule has 2 rings (SSSR count). The Kier molecular flexibility index (Phi) is 4.55. The van der Waals surface area contributed by atoms with Crippen molar-refractivity contribution in [2.45, 2.75) is 0 Å². The molecule has 0 radical (unpaired) electrons. The van der Waals surface area contributed by atoms with E-state index < -0.39 is 0 Å². The number of benzene rings is 1. The summed E-state index contributed by atoms with van der Waals surface area (Å²) >= 11 is 6.68. The van der Waals surface area contributed by atoms with Gasteiger partial charge in [-0.2, -0.15) is 0 Å². The van der Waals surface area contributed by atoms with E-state index in [0.717, 1.165) is 8.95 Å². The van der Waals surface area contributed by atoms with Gasteiger partial charge in [0.15, 0.2) is 0 Å². The Bertz CT molecular complexity index is 599. The molecule has 4 nitrogen and oxygen atoms in total. The maximum Gasteiger partial charge on any atom is 0.337 e. The lowest BCUT2D eigenvalue weighted by Crippen LogP contribution is -2.00. The summed E-state index contributed by atoms with van der Waals surface area (Å²) in [6.45, 7) is 0. The quantitative estimate of drug-likeness (QED) is 0.742. The van der Waals surface area contributed by atoms with Gasteiger partial charge in [-0.25, -0.2) is 9.78 Å². The number of nitrogens with zero attached hydrogens (tertiary/aromatic N) is 1. The van der Waals surface area contributed by atoms with Gasteiger partial charge < -0.3 is 9.47 Å². The van der Waals surface area contributed by atoms with E-state index in [1.54, 1.807) is 30.5 Å². The molecule has 1 aromatic carbocycles. The van der Waals surface area contributed by atoms with Gasteiger partial charge >= 0.3 is 5.97 Å². The minimum atomic E-state index is -0.380. The van der Waals surface area contributed by atoms with Crippen LogP contribution in [-0.2, 0) is 4.74 Å². The smallest absolute Gasteiger partial charge is 0.337 e. The van der Waals surface area contributed by atoms with E-state index >= 15 is 0 Å².